The lowest BCUT2D eigenvalue weighted by atomic mass is 10.2. The molecule has 0 aliphatic heterocycles. The fourth-order valence-electron chi connectivity index (χ4n) is 1.35. The van der Waals surface area contributed by atoms with Gasteiger partial charge < -0.3 is 14.6 Å². The predicted octanol–water partition coefficient (Wildman–Crippen LogP) is 2.58. The van der Waals surface area contributed by atoms with Crippen molar-refractivity contribution in [1.29, 1.82) is 0 Å². The van der Waals surface area contributed by atoms with Crippen LogP contribution in [0.1, 0.15) is 20.3 Å². The van der Waals surface area contributed by atoms with Crippen molar-refractivity contribution in [3.05, 3.63) is 29.7 Å². The van der Waals surface area contributed by atoms with Gasteiger partial charge in [-0.2, -0.15) is 0 Å². The molecular formula is C14H18N2O4. The van der Waals surface area contributed by atoms with Crippen LogP contribution in [-0.2, 0) is 9.53 Å². The fraction of sp³-hybridized carbons (Fsp3) is 0.357. The third-order valence-corrected chi connectivity index (χ3v) is 2.41. The Bertz CT molecular complexity index is 506. The molecule has 0 bridgehead atoms. The molecule has 1 aromatic heterocycles. The molecular weight excluding hydrogens is 260 g/mol. The summed E-state index contributed by atoms with van der Waals surface area (Å²) in [5, 5.41) is 9.73. The summed E-state index contributed by atoms with van der Waals surface area (Å²) in [6.07, 6.45) is 3.10. The van der Waals surface area contributed by atoms with Gasteiger partial charge in [-0.15, -0.1) is 0 Å². The van der Waals surface area contributed by atoms with Gasteiger partial charge in [-0.05, 0) is 13.0 Å². The third kappa shape index (κ3) is 4.38. The Kier molecular flexibility index (Phi) is 6.22. The van der Waals surface area contributed by atoms with E-state index in [2.05, 4.69) is 9.98 Å². The maximum atomic E-state index is 11.7. The van der Waals surface area contributed by atoms with Crippen molar-refractivity contribution in [3.63, 3.8) is 0 Å². The fourth-order valence-corrected chi connectivity index (χ4v) is 1.35. The second-order valence-corrected chi connectivity index (χ2v) is 3.75. The number of hydrogen-bond donors (Lipinski definition) is 1. The van der Waals surface area contributed by atoms with Gasteiger partial charge in [0, 0.05) is 18.7 Å². The molecule has 0 amide bonds. The number of carbonyl (C=O) groups is 1. The first-order valence-corrected chi connectivity index (χ1v) is 6.25. The Morgan fingerprint density at radius 2 is 2.20 bits per heavy atom. The highest BCUT2D eigenvalue weighted by Gasteiger charge is 2.13. The van der Waals surface area contributed by atoms with Crippen molar-refractivity contribution in [3.8, 4) is 5.88 Å². The lowest BCUT2D eigenvalue weighted by Gasteiger charge is -2.04. The second-order valence-electron chi connectivity index (χ2n) is 3.75. The molecule has 0 unspecified atom stereocenters. The number of rotatable bonds is 6. The van der Waals surface area contributed by atoms with Gasteiger partial charge in [0.1, 0.15) is 11.3 Å². The minimum absolute atomic E-state index is 0.0465. The molecule has 0 saturated heterocycles. The first-order chi connectivity index (χ1) is 9.62. The molecule has 1 rings (SSSR count). The average Bonchev–Trinajstić information content (AvgIpc) is 2.48. The second kappa shape index (κ2) is 7.93. The van der Waals surface area contributed by atoms with Crippen molar-refractivity contribution < 1.29 is 19.4 Å². The summed E-state index contributed by atoms with van der Waals surface area (Å²) in [5.74, 6) is -0.188. The molecule has 20 heavy (non-hydrogen) atoms. The van der Waals surface area contributed by atoms with E-state index in [9.17, 15) is 9.90 Å². The van der Waals surface area contributed by atoms with E-state index in [-0.39, 0.29) is 17.9 Å². The Labute approximate surface area is 117 Å². The number of hydrogen-bond acceptors (Lipinski definition) is 6. The number of nitrogens with zero attached hydrogens (tertiary/aromatic N) is 2. The average molecular weight is 278 g/mol. The van der Waals surface area contributed by atoms with Gasteiger partial charge in [0.25, 0.3) is 0 Å². The zero-order valence-electron chi connectivity index (χ0n) is 11.8. The molecule has 1 N–H and O–H groups in total. The minimum Gasteiger partial charge on any atom is -0.511 e. The summed E-state index contributed by atoms with van der Waals surface area (Å²) < 4.78 is 9.80. The smallest absolute Gasteiger partial charge is 0.343 e. The zero-order chi connectivity index (χ0) is 15.0. The molecule has 0 aliphatic carbocycles. The van der Waals surface area contributed by atoms with E-state index in [4.69, 9.17) is 9.47 Å². The number of aliphatic hydroxyl groups excluding tert-OH is 1. The van der Waals surface area contributed by atoms with Gasteiger partial charge in [-0.3, -0.25) is 4.99 Å². The maximum Gasteiger partial charge on any atom is 0.343 e. The standard InChI is InChI=1S/C14H18N2O4/c1-4-12(17)11(14(18)20-5-2)9-15-10-6-7-13(19-3)16-8-10/h6-9,17H,4-5H2,1-3H3. The van der Waals surface area contributed by atoms with Gasteiger partial charge in [0.2, 0.25) is 5.88 Å². The Balaban J connectivity index is 2.94. The molecule has 0 aromatic carbocycles. The Morgan fingerprint density at radius 1 is 1.45 bits per heavy atom. The quantitative estimate of drug-likeness (QED) is 0.374. The molecule has 6 nitrogen and oxygen atoms in total. The van der Waals surface area contributed by atoms with Crippen molar-refractivity contribution in [1.82, 2.24) is 4.98 Å². The van der Waals surface area contributed by atoms with Gasteiger partial charge in [0.05, 0.1) is 25.6 Å². The molecule has 0 aliphatic rings. The number of methoxy groups -OCH3 is 1. The number of pyridine rings is 1. The number of esters is 1. The molecule has 0 radical (unpaired) electrons. The Morgan fingerprint density at radius 3 is 2.70 bits per heavy atom. The summed E-state index contributed by atoms with van der Waals surface area (Å²) in [6, 6.07) is 3.34. The van der Waals surface area contributed by atoms with Crippen LogP contribution in [0.3, 0.4) is 0 Å². The van der Waals surface area contributed by atoms with Gasteiger partial charge in [0.15, 0.2) is 0 Å². The highest BCUT2D eigenvalue weighted by atomic mass is 16.5. The topological polar surface area (TPSA) is 81.0 Å². The first kappa shape index (κ1) is 15.7. The summed E-state index contributed by atoms with van der Waals surface area (Å²) in [6.45, 7) is 3.66. The Hall–Kier alpha value is -2.37. The van der Waals surface area contributed by atoms with E-state index in [1.807, 2.05) is 0 Å². The molecule has 0 fully saturated rings. The molecule has 108 valence electrons. The number of carbonyl (C=O) groups excluding carboxylic acids is 1. The number of aromatic nitrogens is 1. The van der Waals surface area contributed by atoms with Crippen LogP contribution in [0.4, 0.5) is 5.69 Å². The lowest BCUT2D eigenvalue weighted by molar-refractivity contribution is -0.138. The van der Waals surface area contributed by atoms with E-state index in [0.717, 1.165) is 0 Å². The highest BCUT2D eigenvalue weighted by molar-refractivity contribution is 6.10. The molecule has 0 atom stereocenters. The highest BCUT2D eigenvalue weighted by Crippen LogP contribution is 2.15. The van der Waals surface area contributed by atoms with Crippen LogP contribution in [0.2, 0.25) is 0 Å². The summed E-state index contributed by atoms with van der Waals surface area (Å²) in [5.41, 5.74) is 0.585. The van der Waals surface area contributed by atoms with Crippen LogP contribution in [0.5, 0.6) is 5.88 Å². The monoisotopic (exact) mass is 278 g/mol. The van der Waals surface area contributed by atoms with E-state index >= 15 is 0 Å². The van der Waals surface area contributed by atoms with Gasteiger partial charge >= 0.3 is 5.97 Å². The van der Waals surface area contributed by atoms with Crippen LogP contribution in [0.25, 0.3) is 0 Å². The maximum absolute atomic E-state index is 11.7. The summed E-state index contributed by atoms with van der Waals surface area (Å²) >= 11 is 0. The largest absolute Gasteiger partial charge is 0.511 e. The first-order valence-electron chi connectivity index (χ1n) is 6.25. The van der Waals surface area contributed by atoms with Crippen molar-refractivity contribution in [2.24, 2.45) is 4.99 Å². The molecule has 0 saturated carbocycles. The van der Waals surface area contributed by atoms with Crippen LogP contribution in [0, 0.1) is 0 Å². The van der Waals surface area contributed by atoms with E-state index in [0.29, 0.717) is 18.0 Å². The molecule has 6 heteroatoms. The van der Waals surface area contributed by atoms with Crippen molar-refractivity contribution >= 4 is 17.9 Å². The normalized spacial score (nSPS) is 12.2. The van der Waals surface area contributed by atoms with Crippen LogP contribution in [0.15, 0.2) is 34.7 Å². The van der Waals surface area contributed by atoms with Crippen LogP contribution < -0.4 is 4.74 Å². The number of aliphatic hydroxyl groups is 1. The number of allylic oxidation sites excluding steroid dienone is 1. The minimum atomic E-state index is -0.600. The summed E-state index contributed by atoms with van der Waals surface area (Å²) in [4.78, 5) is 19.8. The number of ether oxygens (including phenoxy) is 2. The molecule has 0 spiro atoms. The van der Waals surface area contributed by atoms with Crippen molar-refractivity contribution in [2.45, 2.75) is 20.3 Å². The van der Waals surface area contributed by atoms with Gasteiger partial charge in [-0.1, -0.05) is 6.92 Å². The van der Waals surface area contributed by atoms with E-state index in [1.165, 1.54) is 19.5 Å². The molecule has 1 aromatic rings. The lowest BCUT2D eigenvalue weighted by Crippen LogP contribution is -2.11. The van der Waals surface area contributed by atoms with E-state index in [1.54, 1.807) is 26.0 Å². The number of aliphatic imine (C=N–C) groups is 1. The third-order valence-electron chi connectivity index (χ3n) is 2.41. The van der Waals surface area contributed by atoms with Crippen LogP contribution in [-0.4, -0.2) is 36.0 Å². The van der Waals surface area contributed by atoms with Crippen molar-refractivity contribution in [2.75, 3.05) is 13.7 Å². The predicted molar refractivity (Wildman–Crippen MR) is 75.5 cm³/mol. The molecule has 1 heterocycles. The van der Waals surface area contributed by atoms with Crippen LogP contribution >= 0.6 is 0 Å². The van der Waals surface area contributed by atoms with E-state index < -0.39 is 5.97 Å². The summed E-state index contributed by atoms with van der Waals surface area (Å²) in [7, 11) is 1.52. The van der Waals surface area contributed by atoms with Gasteiger partial charge in [-0.25, -0.2) is 9.78 Å². The SMILES string of the molecule is CCOC(=O)C(C=Nc1ccc(OC)nc1)=C(O)CC. The zero-order valence-corrected chi connectivity index (χ0v) is 11.8.